The third kappa shape index (κ3) is 3.38. The Morgan fingerprint density at radius 1 is 1.13 bits per heavy atom. The normalized spacial score (nSPS) is 18.6. The lowest BCUT2D eigenvalue weighted by molar-refractivity contribution is 0.0928. The minimum absolute atomic E-state index is 0.00178. The number of amides is 1. The van der Waals surface area contributed by atoms with Gasteiger partial charge in [-0.15, -0.1) is 10.2 Å². The van der Waals surface area contributed by atoms with Gasteiger partial charge in [0.1, 0.15) is 11.6 Å². The smallest absolute Gasteiger partial charge is 0.252 e. The largest absolute Gasteiger partial charge is 0.347 e. The molecule has 0 saturated heterocycles. The number of hydrogen-bond acceptors (Lipinski definition) is 4. The van der Waals surface area contributed by atoms with Crippen LogP contribution in [0.15, 0.2) is 18.2 Å². The molecule has 1 aliphatic heterocycles. The number of hydrogen-bond donors (Lipinski definition) is 1. The van der Waals surface area contributed by atoms with E-state index in [0.29, 0.717) is 11.8 Å². The predicted octanol–water partition coefficient (Wildman–Crippen LogP) is 4.19. The minimum atomic E-state index is 0.00178. The highest BCUT2D eigenvalue weighted by Crippen LogP contribution is 2.40. The van der Waals surface area contributed by atoms with Gasteiger partial charge in [0.05, 0.1) is 11.1 Å². The molecule has 1 atom stereocenters. The summed E-state index contributed by atoms with van der Waals surface area (Å²) in [6, 6.07) is 6.35. The summed E-state index contributed by atoms with van der Waals surface area (Å²) in [7, 11) is 0. The molecule has 1 unspecified atom stereocenters. The molecule has 30 heavy (non-hydrogen) atoms. The molecule has 6 nitrogen and oxygen atoms in total. The van der Waals surface area contributed by atoms with E-state index in [1.54, 1.807) is 0 Å². The number of carbonyl (C=O) groups excluding carboxylic acids is 1. The molecule has 2 aromatic heterocycles. The van der Waals surface area contributed by atoms with E-state index in [9.17, 15) is 4.79 Å². The van der Waals surface area contributed by atoms with Gasteiger partial charge in [-0.2, -0.15) is 0 Å². The summed E-state index contributed by atoms with van der Waals surface area (Å²) in [6.45, 7) is 9.16. The Morgan fingerprint density at radius 2 is 1.93 bits per heavy atom. The van der Waals surface area contributed by atoms with Crippen LogP contribution in [0.2, 0.25) is 0 Å². The summed E-state index contributed by atoms with van der Waals surface area (Å²) >= 11 is 0. The van der Waals surface area contributed by atoms with Gasteiger partial charge in [-0.05, 0) is 50.8 Å². The van der Waals surface area contributed by atoms with E-state index in [4.69, 9.17) is 4.98 Å². The molecule has 3 heterocycles. The number of nitrogens with one attached hydrogen (secondary N) is 1. The lowest BCUT2D eigenvalue weighted by Crippen LogP contribution is -2.41. The van der Waals surface area contributed by atoms with Crippen molar-refractivity contribution in [2.24, 2.45) is 0 Å². The van der Waals surface area contributed by atoms with E-state index >= 15 is 0 Å². The Balaban J connectivity index is 1.47. The number of pyridine rings is 1. The number of fused-ring (bicyclic) bond motifs is 2. The fraction of sp³-hybridized carbons (Fsp3) is 0.500. The monoisotopic (exact) mass is 403 g/mol. The van der Waals surface area contributed by atoms with Gasteiger partial charge < -0.3 is 9.88 Å². The Bertz CT molecular complexity index is 1140. The fourth-order valence-corrected chi connectivity index (χ4v) is 4.63. The predicted molar refractivity (Wildman–Crippen MR) is 117 cm³/mol. The van der Waals surface area contributed by atoms with Crippen molar-refractivity contribution in [1.82, 2.24) is 25.1 Å². The van der Waals surface area contributed by atoms with E-state index in [2.05, 4.69) is 59.9 Å². The second-order valence-corrected chi connectivity index (χ2v) is 9.30. The second-order valence-electron chi connectivity index (χ2n) is 9.30. The molecule has 5 rings (SSSR count). The van der Waals surface area contributed by atoms with Gasteiger partial charge in [0.2, 0.25) is 0 Å². The number of rotatable bonds is 4. The minimum Gasteiger partial charge on any atom is -0.347 e. The average Bonchev–Trinajstić information content (AvgIpc) is 3.46. The van der Waals surface area contributed by atoms with Gasteiger partial charge in [-0.25, -0.2) is 0 Å². The van der Waals surface area contributed by atoms with Crippen molar-refractivity contribution in [3.63, 3.8) is 0 Å². The van der Waals surface area contributed by atoms with Crippen LogP contribution in [-0.4, -0.2) is 31.7 Å². The lowest BCUT2D eigenvalue weighted by atomic mass is 9.99. The molecular weight excluding hydrogens is 374 g/mol. The van der Waals surface area contributed by atoms with Gasteiger partial charge in [-0.1, -0.05) is 25.5 Å². The summed E-state index contributed by atoms with van der Waals surface area (Å²) in [4.78, 5) is 18.4. The highest BCUT2D eigenvalue weighted by atomic mass is 16.1. The molecule has 0 radical (unpaired) electrons. The third-order valence-electron chi connectivity index (χ3n) is 6.34. The third-order valence-corrected chi connectivity index (χ3v) is 6.34. The standard InChI is InChI=1S/C24H29N5O/c1-13(2)23-28-27-21-8-7-17(12-29(21)23)25-24(30)19-11-20(16-5-6-16)26-22-15(4)9-14(3)10-18(19)22/h9-11,13,16-17H,5-8,12H2,1-4H3,(H,25,30). The number of aromatic nitrogens is 4. The van der Waals surface area contributed by atoms with Gasteiger partial charge >= 0.3 is 0 Å². The van der Waals surface area contributed by atoms with E-state index < -0.39 is 0 Å². The fourth-order valence-electron chi connectivity index (χ4n) is 4.63. The van der Waals surface area contributed by atoms with Gasteiger partial charge in [0.15, 0.2) is 0 Å². The maximum Gasteiger partial charge on any atom is 0.252 e. The van der Waals surface area contributed by atoms with E-state index in [-0.39, 0.29) is 11.9 Å². The van der Waals surface area contributed by atoms with Crippen LogP contribution in [0, 0.1) is 13.8 Å². The van der Waals surface area contributed by atoms with Crippen LogP contribution >= 0.6 is 0 Å². The zero-order chi connectivity index (χ0) is 21.0. The molecule has 6 heteroatoms. The molecule has 1 aliphatic carbocycles. The Kier molecular flexibility index (Phi) is 4.60. The van der Waals surface area contributed by atoms with Gasteiger partial charge in [0, 0.05) is 41.9 Å². The topological polar surface area (TPSA) is 72.7 Å². The molecule has 2 aliphatic rings. The van der Waals surface area contributed by atoms with Crippen LogP contribution in [0.4, 0.5) is 0 Å². The summed E-state index contributed by atoms with van der Waals surface area (Å²) in [5, 5.41) is 13.0. The highest BCUT2D eigenvalue weighted by Gasteiger charge is 2.29. The molecule has 1 saturated carbocycles. The Hall–Kier alpha value is -2.76. The molecule has 1 N–H and O–H groups in total. The highest BCUT2D eigenvalue weighted by molar-refractivity contribution is 6.07. The first kappa shape index (κ1) is 19.2. The summed E-state index contributed by atoms with van der Waals surface area (Å²) in [6.07, 6.45) is 4.06. The van der Waals surface area contributed by atoms with Crippen LogP contribution in [0.1, 0.15) is 83.8 Å². The van der Waals surface area contributed by atoms with Crippen molar-refractivity contribution in [3.05, 3.63) is 52.2 Å². The van der Waals surface area contributed by atoms with Crippen molar-refractivity contribution < 1.29 is 4.79 Å². The maximum absolute atomic E-state index is 13.4. The zero-order valence-electron chi connectivity index (χ0n) is 18.2. The van der Waals surface area contributed by atoms with E-state index in [1.807, 2.05) is 6.07 Å². The van der Waals surface area contributed by atoms with Gasteiger partial charge in [-0.3, -0.25) is 9.78 Å². The molecule has 0 bridgehead atoms. The number of nitrogens with zero attached hydrogens (tertiary/aromatic N) is 4. The summed E-state index contributed by atoms with van der Waals surface area (Å²) in [5.41, 5.74) is 5.07. The van der Waals surface area contributed by atoms with E-state index in [0.717, 1.165) is 64.3 Å². The van der Waals surface area contributed by atoms with Crippen LogP contribution in [0.3, 0.4) is 0 Å². The zero-order valence-corrected chi connectivity index (χ0v) is 18.2. The SMILES string of the molecule is Cc1cc(C)c2nc(C3CC3)cc(C(=O)NC3CCc4nnc(C(C)C)n4C3)c2c1. The quantitative estimate of drug-likeness (QED) is 0.709. The van der Waals surface area contributed by atoms with Crippen LogP contribution in [0.25, 0.3) is 10.9 Å². The van der Waals surface area contributed by atoms with E-state index in [1.165, 1.54) is 12.8 Å². The van der Waals surface area contributed by atoms with Crippen molar-refractivity contribution >= 4 is 16.8 Å². The molecule has 3 aromatic rings. The maximum atomic E-state index is 13.4. The van der Waals surface area contributed by atoms with Crippen LogP contribution in [0.5, 0.6) is 0 Å². The van der Waals surface area contributed by atoms with Crippen molar-refractivity contribution in [2.75, 3.05) is 0 Å². The van der Waals surface area contributed by atoms with Crippen molar-refractivity contribution in [3.8, 4) is 0 Å². The number of aryl methyl sites for hydroxylation is 3. The lowest BCUT2D eigenvalue weighted by Gasteiger charge is -2.26. The molecule has 1 fully saturated rings. The molecule has 1 aromatic carbocycles. The molecule has 1 amide bonds. The number of carbonyl (C=O) groups is 1. The molecular formula is C24H29N5O. The second kappa shape index (κ2) is 7.18. The van der Waals surface area contributed by atoms with Crippen LogP contribution in [-0.2, 0) is 13.0 Å². The Morgan fingerprint density at radius 3 is 2.67 bits per heavy atom. The first-order chi connectivity index (χ1) is 14.4. The Labute approximate surface area is 177 Å². The van der Waals surface area contributed by atoms with Crippen molar-refractivity contribution in [2.45, 2.75) is 77.8 Å². The first-order valence-electron chi connectivity index (χ1n) is 11.1. The summed E-state index contributed by atoms with van der Waals surface area (Å²) in [5.74, 6) is 2.85. The number of benzene rings is 1. The van der Waals surface area contributed by atoms with Gasteiger partial charge in [0.25, 0.3) is 5.91 Å². The van der Waals surface area contributed by atoms with Crippen LogP contribution < -0.4 is 5.32 Å². The van der Waals surface area contributed by atoms with Crippen molar-refractivity contribution in [1.29, 1.82) is 0 Å². The first-order valence-corrected chi connectivity index (χ1v) is 11.1. The molecule has 156 valence electrons. The molecule has 0 spiro atoms. The average molecular weight is 404 g/mol. The summed E-state index contributed by atoms with van der Waals surface area (Å²) < 4.78 is 2.19.